The number of anilines is 3. The number of piperidine rings is 1. The monoisotopic (exact) mass is 461 g/mol. The van der Waals surface area contributed by atoms with E-state index in [1.807, 2.05) is 26.1 Å². The van der Waals surface area contributed by atoms with Gasteiger partial charge in [0.05, 0.1) is 23.3 Å². The second-order valence-electron chi connectivity index (χ2n) is 9.95. The summed E-state index contributed by atoms with van der Waals surface area (Å²) in [5, 5.41) is 2.70. The Morgan fingerprint density at radius 2 is 2.00 bits per heavy atom. The summed E-state index contributed by atoms with van der Waals surface area (Å²) in [7, 11) is 1.83. The zero-order valence-corrected chi connectivity index (χ0v) is 19.9. The summed E-state index contributed by atoms with van der Waals surface area (Å²) in [6.07, 6.45) is 5.64. The number of aromatic nitrogens is 1. The van der Waals surface area contributed by atoms with E-state index in [9.17, 15) is 14.4 Å². The van der Waals surface area contributed by atoms with Crippen LogP contribution >= 0.6 is 0 Å². The summed E-state index contributed by atoms with van der Waals surface area (Å²) >= 11 is 0. The Morgan fingerprint density at radius 3 is 2.71 bits per heavy atom. The number of hydrogen-bond donors (Lipinski definition) is 2. The van der Waals surface area contributed by atoms with Gasteiger partial charge in [-0.25, -0.2) is 4.98 Å². The van der Waals surface area contributed by atoms with Gasteiger partial charge in [0.1, 0.15) is 5.82 Å². The van der Waals surface area contributed by atoms with Crippen LogP contribution in [0.3, 0.4) is 0 Å². The molecule has 1 spiro atoms. The number of aryl methyl sites for hydroxylation is 1. The van der Waals surface area contributed by atoms with Gasteiger partial charge in [-0.2, -0.15) is 0 Å². The summed E-state index contributed by atoms with van der Waals surface area (Å²) in [6, 6.07) is 7.64. The number of nitrogens with zero attached hydrogens (tertiary/aromatic N) is 3. The summed E-state index contributed by atoms with van der Waals surface area (Å²) in [6.45, 7) is 4.57. The molecule has 5 rings (SSSR count). The molecule has 3 heterocycles. The van der Waals surface area contributed by atoms with Crippen molar-refractivity contribution in [2.75, 3.05) is 29.5 Å². The molecule has 34 heavy (non-hydrogen) atoms. The fraction of sp³-hybridized carbons (Fsp3) is 0.462. The maximum absolute atomic E-state index is 13.3. The van der Waals surface area contributed by atoms with Gasteiger partial charge in [0.15, 0.2) is 0 Å². The first-order valence-electron chi connectivity index (χ1n) is 12.0. The molecule has 3 aliphatic rings. The van der Waals surface area contributed by atoms with Gasteiger partial charge in [0, 0.05) is 19.3 Å². The number of likely N-dealkylation sites (N-methyl/N-ethyl adjacent to an activating group) is 1. The van der Waals surface area contributed by atoms with Crippen LogP contribution in [0.4, 0.5) is 17.2 Å². The second kappa shape index (κ2) is 8.11. The lowest BCUT2D eigenvalue weighted by molar-refractivity contribution is -0.146. The van der Waals surface area contributed by atoms with E-state index in [-0.39, 0.29) is 17.4 Å². The van der Waals surface area contributed by atoms with Gasteiger partial charge in [0.2, 0.25) is 5.91 Å². The van der Waals surface area contributed by atoms with Gasteiger partial charge in [-0.15, -0.1) is 0 Å². The van der Waals surface area contributed by atoms with Crippen molar-refractivity contribution in [3.63, 3.8) is 0 Å². The Kier molecular flexibility index (Phi) is 5.34. The van der Waals surface area contributed by atoms with Gasteiger partial charge in [-0.3, -0.25) is 14.4 Å². The summed E-state index contributed by atoms with van der Waals surface area (Å²) in [4.78, 5) is 46.6. The molecule has 1 saturated heterocycles. The lowest BCUT2D eigenvalue weighted by Crippen LogP contribution is -2.46. The van der Waals surface area contributed by atoms with Gasteiger partial charge in [0.25, 0.3) is 0 Å². The third-order valence-corrected chi connectivity index (χ3v) is 7.66. The fourth-order valence-corrected chi connectivity index (χ4v) is 5.50. The molecule has 2 aromatic rings. The van der Waals surface area contributed by atoms with Crippen molar-refractivity contribution < 1.29 is 14.4 Å². The predicted molar refractivity (Wildman–Crippen MR) is 130 cm³/mol. The molecule has 2 fully saturated rings. The van der Waals surface area contributed by atoms with Crippen molar-refractivity contribution in [2.24, 2.45) is 5.92 Å². The molecule has 1 aromatic heterocycles. The van der Waals surface area contributed by atoms with Crippen LogP contribution in [0, 0.1) is 5.92 Å². The molecule has 2 aliphatic heterocycles. The average molecular weight is 462 g/mol. The first-order chi connectivity index (χ1) is 16.2. The highest BCUT2D eigenvalue weighted by atomic mass is 16.2. The molecule has 3 N–H and O–H groups in total. The average Bonchev–Trinajstić information content (AvgIpc) is 3.62. The number of carbonyl (C=O) groups is 3. The van der Waals surface area contributed by atoms with Crippen LogP contribution < -0.4 is 16.0 Å². The number of nitrogen functional groups attached to an aromatic ring is 1. The van der Waals surface area contributed by atoms with Crippen molar-refractivity contribution in [3.8, 4) is 0 Å². The van der Waals surface area contributed by atoms with Crippen molar-refractivity contribution in [1.29, 1.82) is 0 Å². The number of rotatable bonds is 3. The Labute approximate surface area is 199 Å². The minimum Gasteiger partial charge on any atom is -0.383 e. The Morgan fingerprint density at radius 1 is 1.24 bits per heavy atom. The van der Waals surface area contributed by atoms with Crippen molar-refractivity contribution in [3.05, 3.63) is 47.2 Å². The van der Waals surface area contributed by atoms with Crippen LogP contribution in [0.15, 0.2) is 30.5 Å². The number of carbonyl (C=O) groups excluding carboxylic acids is 3. The number of nitrogens with one attached hydrogen (secondary N) is 1. The predicted octanol–water partition coefficient (Wildman–Crippen LogP) is 3.17. The number of amides is 3. The molecule has 3 amide bonds. The fourth-order valence-electron chi connectivity index (χ4n) is 5.50. The maximum Gasteiger partial charge on any atom is 0.313 e. The highest BCUT2D eigenvalue weighted by Gasteiger charge is 2.58. The van der Waals surface area contributed by atoms with Gasteiger partial charge >= 0.3 is 11.8 Å². The molecule has 178 valence electrons. The van der Waals surface area contributed by atoms with Crippen molar-refractivity contribution in [1.82, 2.24) is 9.88 Å². The number of nitrogens with two attached hydrogens (primary N) is 1. The van der Waals surface area contributed by atoms with E-state index in [1.54, 1.807) is 15.9 Å². The van der Waals surface area contributed by atoms with Crippen molar-refractivity contribution >= 4 is 34.9 Å². The second-order valence-corrected chi connectivity index (χ2v) is 9.95. The van der Waals surface area contributed by atoms with Crippen LogP contribution in [0.25, 0.3) is 0 Å². The van der Waals surface area contributed by atoms with Gasteiger partial charge < -0.3 is 20.9 Å². The molecule has 1 aliphatic carbocycles. The van der Waals surface area contributed by atoms with E-state index in [2.05, 4.69) is 23.3 Å². The number of hydrogen-bond acceptors (Lipinski definition) is 5. The van der Waals surface area contributed by atoms with Gasteiger partial charge in [-0.05, 0) is 66.8 Å². The van der Waals surface area contributed by atoms with Crippen LogP contribution in [0.1, 0.15) is 62.3 Å². The van der Waals surface area contributed by atoms with E-state index in [0.29, 0.717) is 30.4 Å². The topological polar surface area (TPSA) is 109 Å². The van der Waals surface area contributed by atoms with Crippen LogP contribution in [-0.2, 0) is 26.2 Å². The van der Waals surface area contributed by atoms with E-state index < -0.39 is 11.8 Å². The minimum absolute atomic E-state index is 0.160. The zero-order chi connectivity index (χ0) is 24.2. The maximum atomic E-state index is 13.3. The van der Waals surface area contributed by atoms with Crippen LogP contribution in [0.5, 0.6) is 0 Å². The molecule has 1 saturated carbocycles. The summed E-state index contributed by atoms with van der Waals surface area (Å²) in [5.41, 5.74) is 9.76. The van der Waals surface area contributed by atoms with E-state index in [0.717, 1.165) is 48.1 Å². The smallest absolute Gasteiger partial charge is 0.313 e. The highest BCUT2D eigenvalue weighted by molar-refractivity contribution is 6.39. The Hall–Kier alpha value is -3.42. The normalized spacial score (nSPS) is 22.6. The standard InChI is InChI=1S/C26H31N5O3/c1-4-16-11-18(13-28-22(16)27)29-23(32)24(33)31-14-15(2)5-7-20(31)17-6-8-21-19(12-17)26(9-10-26)25(34)30(21)3/h6,8,11-13,15,20H,4-5,7,9-10,14H2,1-3H3,(H2,27,28)(H,29,32). The van der Waals surface area contributed by atoms with Crippen LogP contribution in [-0.4, -0.2) is 41.2 Å². The zero-order valence-electron chi connectivity index (χ0n) is 19.9. The van der Waals surface area contributed by atoms with E-state index in [4.69, 9.17) is 5.73 Å². The molecular formula is C26H31N5O3. The molecule has 2 atom stereocenters. The Bertz CT molecular complexity index is 1190. The lowest BCUT2D eigenvalue weighted by atomic mass is 9.87. The summed E-state index contributed by atoms with van der Waals surface area (Å²) < 4.78 is 0. The highest BCUT2D eigenvalue weighted by Crippen LogP contribution is 2.57. The largest absolute Gasteiger partial charge is 0.383 e. The SMILES string of the molecule is CCc1cc(NC(=O)C(=O)N2CC(C)CCC2c2ccc3c(c2)C2(CC2)C(=O)N3C)cnc1N. The van der Waals surface area contributed by atoms with E-state index >= 15 is 0 Å². The van der Waals surface area contributed by atoms with Gasteiger partial charge in [-0.1, -0.05) is 26.0 Å². The number of likely N-dealkylation sites (tertiary alicyclic amines) is 1. The molecule has 8 heteroatoms. The molecular weight excluding hydrogens is 430 g/mol. The number of fused-ring (bicyclic) bond motifs is 2. The molecule has 1 aromatic carbocycles. The molecule has 0 bridgehead atoms. The third-order valence-electron chi connectivity index (χ3n) is 7.66. The van der Waals surface area contributed by atoms with E-state index in [1.165, 1.54) is 6.20 Å². The molecule has 8 nitrogen and oxygen atoms in total. The third kappa shape index (κ3) is 3.52. The minimum atomic E-state index is -0.678. The lowest BCUT2D eigenvalue weighted by Gasteiger charge is -2.38. The number of pyridine rings is 1. The van der Waals surface area contributed by atoms with Crippen molar-refractivity contribution in [2.45, 2.75) is 57.4 Å². The molecule has 0 radical (unpaired) electrons. The first-order valence-corrected chi connectivity index (χ1v) is 12.0. The quantitative estimate of drug-likeness (QED) is 0.683. The molecule has 2 unspecified atom stereocenters. The Balaban J connectivity index is 1.41. The number of benzene rings is 1. The first kappa shape index (κ1) is 22.4. The summed E-state index contributed by atoms with van der Waals surface area (Å²) in [5.74, 6) is -0.350. The van der Waals surface area contributed by atoms with Crippen LogP contribution in [0.2, 0.25) is 0 Å².